The molecule has 1 unspecified atom stereocenters. The van der Waals surface area contributed by atoms with Crippen LogP contribution in [0.5, 0.6) is 0 Å². The molecule has 0 saturated carbocycles. The molecule has 2 aliphatic heterocycles. The topological polar surface area (TPSA) is 97.8 Å². The number of rotatable bonds is 3. The van der Waals surface area contributed by atoms with Gasteiger partial charge in [-0.1, -0.05) is 17.7 Å². The number of hydrogen-bond donors (Lipinski definition) is 0. The summed E-state index contributed by atoms with van der Waals surface area (Å²) in [6.45, 7) is 1.83. The van der Waals surface area contributed by atoms with Crippen molar-refractivity contribution in [1.82, 2.24) is 4.90 Å². The number of sulfone groups is 1. The predicted octanol–water partition coefficient (Wildman–Crippen LogP) is 0.643. The van der Waals surface area contributed by atoms with E-state index in [1.54, 1.807) is 12.1 Å². The van der Waals surface area contributed by atoms with Gasteiger partial charge in [0, 0.05) is 12.8 Å². The third-order valence-electron chi connectivity index (χ3n) is 4.85. The molecular formula is C17H19NO6S. The molecule has 1 aromatic carbocycles. The summed E-state index contributed by atoms with van der Waals surface area (Å²) in [5.74, 6) is -1.57. The van der Waals surface area contributed by atoms with Crippen molar-refractivity contribution < 1.29 is 27.5 Å². The first-order chi connectivity index (χ1) is 11.8. The summed E-state index contributed by atoms with van der Waals surface area (Å²) >= 11 is 0. The Hall–Kier alpha value is -2.22. The van der Waals surface area contributed by atoms with Crippen molar-refractivity contribution in [3.8, 4) is 0 Å². The van der Waals surface area contributed by atoms with E-state index in [-0.39, 0.29) is 30.1 Å². The van der Waals surface area contributed by atoms with Crippen LogP contribution in [0.1, 0.15) is 24.8 Å². The molecule has 1 aromatic rings. The summed E-state index contributed by atoms with van der Waals surface area (Å²) in [6, 6.07) is 4.38. The van der Waals surface area contributed by atoms with Crippen LogP contribution in [0.25, 0.3) is 0 Å². The minimum Gasteiger partial charge on any atom is -0.467 e. The molecule has 0 aliphatic carbocycles. The third kappa shape index (κ3) is 2.84. The standard InChI is InChI=1S/C17H19NO6S/c1-10-3-5-11(6-4-10)25(22,23)16-12-7-8-15(20)18(12)13(9-14(16)19)17(21)24-2/h3-6,12-13,16H,7-9H2,1-2H3/t12-,13?,16-/m0/s1. The van der Waals surface area contributed by atoms with Crippen LogP contribution < -0.4 is 0 Å². The highest BCUT2D eigenvalue weighted by atomic mass is 32.2. The molecule has 25 heavy (non-hydrogen) atoms. The van der Waals surface area contributed by atoms with Crippen LogP contribution in [-0.2, 0) is 29.0 Å². The zero-order chi connectivity index (χ0) is 18.4. The van der Waals surface area contributed by atoms with Crippen molar-refractivity contribution >= 4 is 27.5 Å². The number of carbonyl (C=O) groups excluding carboxylic acids is 3. The first kappa shape index (κ1) is 17.6. The number of aryl methyl sites for hydroxylation is 1. The van der Waals surface area contributed by atoms with Gasteiger partial charge < -0.3 is 9.64 Å². The van der Waals surface area contributed by atoms with Gasteiger partial charge in [0.1, 0.15) is 11.3 Å². The number of ether oxygens (including phenoxy) is 1. The van der Waals surface area contributed by atoms with Gasteiger partial charge in [-0.15, -0.1) is 0 Å². The Morgan fingerprint density at radius 3 is 2.44 bits per heavy atom. The molecule has 134 valence electrons. The number of piperidine rings is 1. The fourth-order valence-corrected chi connectivity index (χ4v) is 5.57. The molecule has 0 N–H and O–H groups in total. The van der Waals surface area contributed by atoms with Crippen LogP contribution in [0.3, 0.4) is 0 Å². The van der Waals surface area contributed by atoms with E-state index in [1.165, 1.54) is 24.1 Å². The van der Waals surface area contributed by atoms with Crippen molar-refractivity contribution in [3.05, 3.63) is 29.8 Å². The lowest BCUT2D eigenvalue weighted by molar-refractivity contribution is -0.156. The molecule has 1 amide bonds. The van der Waals surface area contributed by atoms with Gasteiger partial charge in [0.25, 0.3) is 0 Å². The predicted molar refractivity (Wildman–Crippen MR) is 87.4 cm³/mol. The lowest BCUT2D eigenvalue weighted by Gasteiger charge is -2.39. The first-order valence-electron chi connectivity index (χ1n) is 7.99. The Morgan fingerprint density at radius 2 is 1.84 bits per heavy atom. The van der Waals surface area contributed by atoms with Gasteiger partial charge in [0.05, 0.1) is 18.0 Å². The van der Waals surface area contributed by atoms with E-state index in [9.17, 15) is 22.8 Å². The summed E-state index contributed by atoms with van der Waals surface area (Å²) in [5.41, 5.74) is 0.900. The van der Waals surface area contributed by atoms with Crippen molar-refractivity contribution in [2.45, 2.75) is 48.4 Å². The Morgan fingerprint density at radius 1 is 1.20 bits per heavy atom. The number of ketones is 1. The fraction of sp³-hybridized carbons (Fsp3) is 0.471. The van der Waals surface area contributed by atoms with Gasteiger partial charge in [0.15, 0.2) is 15.6 Å². The largest absolute Gasteiger partial charge is 0.467 e. The number of benzene rings is 1. The van der Waals surface area contributed by atoms with Gasteiger partial charge >= 0.3 is 5.97 Å². The number of fused-ring (bicyclic) bond motifs is 1. The molecule has 8 heteroatoms. The van der Waals surface area contributed by atoms with Gasteiger partial charge in [-0.3, -0.25) is 9.59 Å². The lowest BCUT2D eigenvalue weighted by atomic mass is 9.95. The molecule has 2 saturated heterocycles. The molecular weight excluding hydrogens is 346 g/mol. The van der Waals surface area contributed by atoms with Crippen LogP contribution in [0.4, 0.5) is 0 Å². The Balaban J connectivity index is 2.02. The minimum absolute atomic E-state index is 0.0484. The second kappa shape index (κ2) is 6.25. The summed E-state index contributed by atoms with van der Waals surface area (Å²) in [7, 11) is -2.78. The molecule has 0 bridgehead atoms. The fourth-order valence-electron chi connectivity index (χ4n) is 3.63. The number of esters is 1. The maximum absolute atomic E-state index is 13.0. The number of Topliss-reactive ketones (excluding diaryl/α,β-unsaturated/α-hetero) is 1. The van der Waals surface area contributed by atoms with Crippen LogP contribution >= 0.6 is 0 Å². The number of nitrogens with zero attached hydrogens (tertiary/aromatic N) is 1. The van der Waals surface area contributed by atoms with Crippen molar-refractivity contribution in [2.24, 2.45) is 0 Å². The average molecular weight is 365 g/mol. The zero-order valence-electron chi connectivity index (χ0n) is 14.0. The number of methoxy groups -OCH3 is 1. The first-order valence-corrected chi connectivity index (χ1v) is 9.54. The number of hydrogen-bond acceptors (Lipinski definition) is 6. The second-order valence-electron chi connectivity index (χ2n) is 6.40. The Labute approximate surface area is 145 Å². The quantitative estimate of drug-likeness (QED) is 0.729. The van der Waals surface area contributed by atoms with Gasteiger partial charge in [-0.2, -0.15) is 0 Å². The van der Waals surface area contributed by atoms with Crippen LogP contribution in [0.2, 0.25) is 0 Å². The molecule has 3 rings (SSSR count). The lowest BCUT2D eigenvalue weighted by Crippen LogP contribution is -2.60. The SMILES string of the molecule is COC(=O)C1CC(=O)[C@@H](S(=O)(=O)c2ccc(C)cc2)[C@@H]2CCC(=O)N12. The highest BCUT2D eigenvalue weighted by molar-refractivity contribution is 7.93. The van der Waals surface area contributed by atoms with E-state index in [1.807, 2.05) is 6.92 Å². The van der Waals surface area contributed by atoms with E-state index < -0.39 is 38.9 Å². The van der Waals surface area contributed by atoms with Crippen LogP contribution in [-0.4, -0.2) is 55.4 Å². The van der Waals surface area contributed by atoms with E-state index in [0.717, 1.165) is 5.56 Å². The average Bonchev–Trinajstić information content (AvgIpc) is 2.95. The summed E-state index contributed by atoms with van der Waals surface area (Å²) in [6.07, 6.45) is 0.00383. The van der Waals surface area contributed by atoms with Crippen molar-refractivity contribution in [1.29, 1.82) is 0 Å². The molecule has 0 spiro atoms. The highest BCUT2D eigenvalue weighted by Gasteiger charge is 2.55. The third-order valence-corrected chi connectivity index (χ3v) is 7.03. The minimum atomic E-state index is -3.96. The van der Waals surface area contributed by atoms with E-state index >= 15 is 0 Å². The van der Waals surface area contributed by atoms with Crippen molar-refractivity contribution in [3.63, 3.8) is 0 Å². The molecule has 0 radical (unpaired) electrons. The summed E-state index contributed by atoms with van der Waals surface area (Å²) in [4.78, 5) is 38.1. The van der Waals surface area contributed by atoms with Crippen LogP contribution in [0.15, 0.2) is 29.2 Å². The molecule has 2 aliphatic rings. The molecule has 2 fully saturated rings. The van der Waals surface area contributed by atoms with Crippen LogP contribution in [0, 0.1) is 6.92 Å². The van der Waals surface area contributed by atoms with Gasteiger partial charge in [-0.25, -0.2) is 13.2 Å². The molecule has 3 atom stereocenters. The maximum Gasteiger partial charge on any atom is 0.329 e. The number of amides is 1. The van der Waals surface area contributed by atoms with Gasteiger partial charge in [-0.05, 0) is 25.5 Å². The van der Waals surface area contributed by atoms with Gasteiger partial charge in [0.2, 0.25) is 5.91 Å². The molecule has 0 aromatic heterocycles. The monoisotopic (exact) mass is 365 g/mol. The van der Waals surface area contributed by atoms with Crippen molar-refractivity contribution in [2.75, 3.05) is 7.11 Å². The normalized spacial score (nSPS) is 26.5. The van der Waals surface area contributed by atoms with E-state index in [0.29, 0.717) is 0 Å². The van der Waals surface area contributed by atoms with E-state index in [2.05, 4.69) is 4.74 Å². The summed E-state index contributed by atoms with van der Waals surface area (Å²) < 4.78 is 30.7. The number of carbonyl (C=O) groups is 3. The second-order valence-corrected chi connectivity index (χ2v) is 8.46. The molecule has 2 heterocycles. The Bertz CT molecular complexity index is 829. The smallest absolute Gasteiger partial charge is 0.329 e. The maximum atomic E-state index is 13.0. The highest BCUT2D eigenvalue weighted by Crippen LogP contribution is 2.36. The summed E-state index contributed by atoms with van der Waals surface area (Å²) in [5, 5.41) is -1.34. The molecule has 7 nitrogen and oxygen atoms in total. The Kier molecular flexibility index (Phi) is 4.40. The van der Waals surface area contributed by atoms with E-state index in [4.69, 9.17) is 0 Å². The zero-order valence-corrected chi connectivity index (χ0v) is 14.8.